The molecule has 1 aliphatic rings. The van der Waals surface area contributed by atoms with E-state index in [4.69, 9.17) is 10.5 Å². The van der Waals surface area contributed by atoms with Crippen LogP contribution in [0.2, 0.25) is 0 Å². The molecular formula is C9H19NO2S. The number of nitrogens with two attached hydrogens (primary N) is 1. The first-order valence-electron chi connectivity index (χ1n) is 4.89. The highest BCUT2D eigenvalue weighted by Gasteiger charge is 2.18. The molecule has 1 rings (SSSR count). The highest BCUT2D eigenvalue weighted by atomic mass is 32.2. The molecular weight excluding hydrogens is 186 g/mol. The predicted octanol–water partition coefficient (Wildman–Crippen LogP) is 0.509. The van der Waals surface area contributed by atoms with Crippen LogP contribution in [0.15, 0.2) is 0 Å². The van der Waals surface area contributed by atoms with Crippen molar-refractivity contribution >= 4 is 10.8 Å². The third-order valence-electron chi connectivity index (χ3n) is 2.27. The average Bonchev–Trinajstić information content (AvgIpc) is 2.56. The van der Waals surface area contributed by atoms with Crippen molar-refractivity contribution in [2.24, 2.45) is 11.7 Å². The smallest absolute Gasteiger partial charge is 0.0691 e. The SMILES string of the molecule is CC(CN)CS(=O)CC1CCCO1. The van der Waals surface area contributed by atoms with Crippen LogP contribution in [0.1, 0.15) is 19.8 Å². The normalized spacial score (nSPS) is 27.4. The number of rotatable bonds is 5. The zero-order valence-electron chi connectivity index (χ0n) is 8.20. The molecule has 1 aliphatic heterocycles. The summed E-state index contributed by atoms with van der Waals surface area (Å²) in [6, 6.07) is 0. The zero-order valence-corrected chi connectivity index (χ0v) is 9.02. The Kier molecular flexibility index (Phi) is 4.91. The van der Waals surface area contributed by atoms with Gasteiger partial charge in [0.2, 0.25) is 0 Å². The van der Waals surface area contributed by atoms with Gasteiger partial charge in [0.1, 0.15) is 0 Å². The van der Waals surface area contributed by atoms with Crippen molar-refractivity contribution in [3.63, 3.8) is 0 Å². The largest absolute Gasteiger partial charge is 0.377 e. The molecule has 1 fully saturated rings. The molecule has 0 radical (unpaired) electrons. The molecule has 3 nitrogen and oxygen atoms in total. The second-order valence-electron chi connectivity index (χ2n) is 3.75. The van der Waals surface area contributed by atoms with Gasteiger partial charge in [-0.25, -0.2) is 0 Å². The second-order valence-corrected chi connectivity index (χ2v) is 5.30. The number of hydrogen-bond donors (Lipinski definition) is 1. The fourth-order valence-corrected chi connectivity index (χ4v) is 3.02. The summed E-state index contributed by atoms with van der Waals surface area (Å²) < 4.78 is 17.0. The summed E-state index contributed by atoms with van der Waals surface area (Å²) in [6.45, 7) is 3.50. The van der Waals surface area contributed by atoms with Crippen molar-refractivity contribution in [1.82, 2.24) is 0 Å². The van der Waals surface area contributed by atoms with Crippen LogP contribution < -0.4 is 5.73 Å². The van der Waals surface area contributed by atoms with Gasteiger partial charge in [0.25, 0.3) is 0 Å². The summed E-state index contributed by atoms with van der Waals surface area (Å²) in [6.07, 6.45) is 2.43. The minimum atomic E-state index is -0.745. The van der Waals surface area contributed by atoms with Crippen LogP contribution in [0.25, 0.3) is 0 Å². The minimum absolute atomic E-state index is 0.241. The first-order valence-corrected chi connectivity index (χ1v) is 6.38. The maximum absolute atomic E-state index is 11.5. The number of ether oxygens (including phenoxy) is 1. The van der Waals surface area contributed by atoms with E-state index in [0.717, 1.165) is 25.2 Å². The molecule has 0 aromatic rings. The molecule has 0 bridgehead atoms. The molecule has 13 heavy (non-hydrogen) atoms. The van der Waals surface area contributed by atoms with Crippen LogP contribution in [0.5, 0.6) is 0 Å². The molecule has 3 unspecified atom stereocenters. The van der Waals surface area contributed by atoms with Crippen LogP contribution in [0, 0.1) is 5.92 Å². The van der Waals surface area contributed by atoms with Crippen molar-refractivity contribution in [3.8, 4) is 0 Å². The van der Waals surface area contributed by atoms with Crippen molar-refractivity contribution in [3.05, 3.63) is 0 Å². The Morgan fingerprint density at radius 3 is 3.00 bits per heavy atom. The van der Waals surface area contributed by atoms with Crippen molar-refractivity contribution in [2.75, 3.05) is 24.7 Å². The molecule has 0 saturated carbocycles. The van der Waals surface area contributed by atoms with Gasteiger partial charge in [0.05, 0.1) is 6.10 Å². The molecule has 0 aromatic carbocycles. The maximum Gasteiger partial charge on any atom is 0.0691 e. The van der Waals surface area contributed by atoms with E-state index in [1.165, 1.54) is 0 Å². The third-order valence-corrected chi connectivity index (χ3v) is 3.95. The Morgan fingerprint density at radius 1 is 1.69 bits per heavy atom. The molecule has 78 valence electrons. The van der Waals surface area contributed by atoms with Crippen molar-refractivity contribution in [2.45, 2.75) is 25.9 Å². The van der Waals surface area contributed by atoms with E-state index in [1.54, 1.807) is 0 Å². The maximum atomic E-state index is 11.5. The van der Waals surface area contributed by atoms with Crippen LogP contribution >= 0.6 is 0 Å². The fraction of sp³-hybridized carbons (Fsp3) is 1.00. The molecule has 0 spiro atoms. The van der Waals surface area contributed by atoms with E-state index in [9.17, 15) is 4.21 Å². The van der Waals surface area contributed by atoms with Gasteiger partial charge in [-0.1, -0.05) is 6.92 Å². The topological polar surface area (TPSA) is 52.3 Å². The van der Waals surface area contributed by atoms with E-state index in [-0.39, 0.29) is 6.10 Å². The molecule has 0 aliphatic carbocycles. The molecule has 0 amide bonds. The average molecular weight is 205 g/mol. The van der Waals surface area contributed by atoms with Gasteiger partial charge >= 0.3 is 0 Å². The molecule has 2 N–H and O–H groups in total. The molecule has 1 saturated heterocycles. The first kappa shape index (κ1) is 11.1. The fourth-order valence-electron chi connectivity index (χ4n) is 1.44. The van der Waals surface area contributed by atoms with E-state index < -0.39 is 10.8 Å². The minimum Gasteiger partial charge on any atom is -0.377 e. The van der Waals surface area contributed by atoms with Crippen LogP contribution in [-0.2, 0) is 15.5 Å². The van der Waals surface area contributed by atoms with Gasteiger partial charge < -0.3 is 10.5 Å². The van der Waals surface area contributed by atoms with Crippen molar-refractivity contribution in [1.29, 1.82) is 0 Å². The zero-order chi connectivity index (χ0) is 9.68. The standard InChI is InChI=1S/C9H19NO2S/c1-8(5-10)6-13(11)7-9-3-2-4-12-9/h8-9H,2-7,10H2,1H3. The lowest BCUT2D eigenvalue weighted by molar-refractivity contribution is 0.128. The lowest BCUT2D eigenvalue weighted by Gasteiger charge is -2.11. The monoisotopic (exact) mass is 205 g/mol. The van der Waals surface area contributed by atoms with Gasteiger partial charge in [0.15, 0.2) is 0 Å². The summed E-state index contributed by atoms with van der Waals surface area (Å²) in [7, 11) is -0.745. The molecule has 1 heterocycles. The van der Waals surface area contributed by atoms with Crippen LogP contribution in [0.4, 0.5) is 0 Å². The van der Waals surface area contributed by atoms with Crippen LogP contribution in [0.3, 0.4) is 0 Å². The van der Waals surface area contributed by atoms with E-state index in [2.05, 4.69) is 0 Å². The lowest BCUT2D eigenvalue weighted by Crippen LogP contribution is -2.23. The summed E-state index contributed by atoms with van der Waals surface area (Å²) in [5, 5.41) is 0. The Labute approximate surface area is 82.5 Å². The Bertz CT molecular complexity index is 169. The summed E-state index contributed by atoms with van der Waals surface area (Å²) >= 11 is 0. The van der Waals surface area contributed by atoms with E-state index >= 15 is 0 Å². The Balaban J connectivity index is 2.16. The highest BCUT2D eigenvalue weighted by molar-refractivity contribution is 7.85. The highest BCUT2D eigenvalue weighted by Crippen LogP contribution is 2.13. The van der Waals surface area contributed by atoms with E-state index in [0.29, 0.717) is 18.2 Å². The van der Waals surface area contributed by atoms with Crippen molar-refractivity contribution < 1.29 is 8.95 Å². The molecule has 4 heteroatoms. The Morgan fingerprint density at radius 2 is 2.46 bits per heavy atom. The van der Waals surface area contributed by atoms with Gasteiger partial charge in [0, 0.05) is 28.9 Å². The van der Waals surface area contributed by atoms with Gasteiger partial charge in [-0.2, -0.15) is 0 Å². The van der Waals surface area contributed by atoms with Crippen LogP contribution in [-0.4, -0.2) is 35.0 Å². The van der Waals surface area contributed by atoms with Gasteiger partial charge in [-0.05, 0) is 25.3 Å². The first-order chi connectivity index (χ1) is 6.22. The number of hydrogen-bond acceptors (Lipinski definition) is 3. The van der Waals surface area contributed by atoms with Gasteiger partial charge in [-0.3, -0.25) is 4.21 Å². The van der Waals surface area contributed by atoms with E-state index in [1.807, 2.05) is 6.92 Å². The molecule has 0 aromatic heterocycles. The summed E-state index contributed by atoms with van der Waals surface area (Å²) in [5.74, 6) is 1.78. The summed E-state index contributed by atoms with van der Waals surface area (Å²) in [5.41, 5.74) is 5.46. The van der Waals surface area contributed by atoms with Gasteiger partial charge in [-0.15, -0.1) is 0 Å². The lowest BCUT2D eigenvalue weighted by atomic mass is 10.2. The second kappa shape index (κ2) is 5.73. The third kappa shape index (κ3) is 4.20. The Hall–Kier alpha value is 0.0700. The quantitative estimate of drug-likeness (QED) is 0.711. The predicted molar refractivity (Wildman–Crippen MR) is 55.1 cm³/mol. The molecule has 3 atom stereocenters. The summed E-state index contributed by atoms with van der Waals surface area (Å²) in [4.78, 5) is 0.